The quantitative estimate of drug-likeness (QED) is 0.354. The number of carbonyl (C=O) groups is 2. The van der Waals surface area contributed by atoms with Gasteiger partial charge in [0, 0.05) is 21.6 Å². The van der Waals surface area contributed by atoms with Crippen molar-refractivity contribution in [2.75, 3.05) is 13.7 Å². The van der Waals surface area contributed by atoms with Gasteiger partial charge in [0.05, 0.1) is 12.0 Å². The number of hydrogen-bond acceptors (Lipinski definition) is 5. The first-order valence-electron chi connectivity index (χ1n) is 8.54. The van der Waals surface area contributed by atoms with Gasteiger partial charge in [-0.05, 0) is 41.6 Å². The molecular weight excluding hydrogens is 478 g/mol. The lowest BCUT2D eigenvalue weighted by Crippen LogP contribution is -2.27. The summed E-state index contributed by atoms with van der Waals surface area (Å²) in [4.78, 5) is 25.9. The zero-order valence-electron chi connectivity index (χ0n) is 15.5. The minimum Gasteiger partial charge on any atom is -0.493 e. The van der Waals surface area contributed by atoms with E-state index < -0.39 is 0 Å². The lowest BCUT2D eigenvalue weighted by molar-refractivity contribution is -0.122. The van der Waals surface area contributed by atoms with Crippen molar-refractivity contribution in [3.63, 3.8) is 0 Å². The maximum Gasteiger partial charge on any atom is 0.293 e. The minimum atomic E-state index is -0.343. The summed E-state index contributed by atoms with van der Waals surface area (Å²) in [5.41, 5.74) is 1.54. The number of amides is 2. The fourth-order valence-electron chi connectivity index (χ4n) is 2.63. The maximum atomic E-state index is 12.4. The van der Waals surface area contributed by atoms with Crippen molar-refractivity contribution in [3.05, 3.63) is 74.6 Å². The van der Waals surface area contributed by atoms with Gasteiger partial charge in [-0.3, -0.25) is 14.5 Å². The molecule has 1 fully saturated rings. The molecule has 0 unspecified atom stereocenters. The van der Waals surface area contributed by atoms with Crippen molar-refractivity contribution in [1.29, 1.82) is 0 Å². The molecule has 1 saturated heterocycles. The van der Waals surface area contributed by atoms with Crippen LogP contribution in [0.25, 0.3) is 6.08 Å². The van der Waals surface area contributed by atoms with Crippen molar-refractivity contribution in [3.8, 4) is 11.5 Å². The monoisotopic (exact) mass is 493 g/mol. The molecule has 0 bridgehead atoms. The van der Waals surface area contributed by atoms with Crippen LogP contribution in [0.5, 0.6) is 11.5 Å². The third kappa shape index (κ3) is 4.86. The molecule has 8 heteroatoms. The fourth-order valence-corrected chi connectivity index (χ4v) is 4.10. The summed E-state index contributed by atoms with van der Waals surface area (Å²) in [6.45, 7) is 4.03. The predicted molar refractivity (Wildman–Crippen MR) is 119 cm³/mol. The molecule has 2 aromatic rings. The van der Waals surface area contributed by atoms with Gasteiger partial charge in [-0.15, -0.1) is 6.58 Å². The Morgan fingerprint density at radius 2 is 2.00 bits per heavy atom. The topological polar surface area (TPSA) is 55.8 Å². The fraction of sp³-hybridized carbons (Fsp3) is 0.143. The highest BCUT2D eigenvalue weighted by molar-refractivity contribution is 9.10. The Bertz CT molecular complexity index is 1010. The maximum absolute atomic E-state index is 12.4. The van der Waals surface area contributed by atoms with Crippen LogP contribution in [0.1, 0.15) is 11.1 Å². The third-order valence-electron chi connectivity index (χ3n) is 4.10. The summed E-state index contributed by atoms with van der Waals surface area (Å²) < 4.78 is 12.0. The van der Waals surface area contributed by atoms with Gasteiger partial charge in [0.25, 0.3) is 11.1 Å². The van der Waals surface area contributed by atoms with Gasteiger partial charge in [0.1, 0.15) is 6.61 Å². The first kappa shape index (κ1) is 21.5. The highest BCUT2D eigenvalue weighted by Crippen LogP contribution is 2.38. The van der Waals surface area contributed by atoms with Crippen molar-refractivity contribution in [2.45, 2.75) is 6.61 Å². The Kier molecular flexibility index (Phi) is 7.05. The van der Waals surface area contributed by atoms with Crippen LogP contribution < -0.4 is 9.47 Å². The van der Waals surface area contributed by atoms with Gasteiger partial charge in [0.15, 0.2) is 11.5 Å². The SMILES string of the molecule is C=CCN1C(=O)S/C(=C/c2cc(OC)c(OCc3ccccc3Cl)cc2Br)C1=O. The van der Waals surface area contributed by atoms with Crippen molar-refractivity contribution in [1.82, 2.24) is 4.90 Å². The van der Waals surface area contributed by atoms with Crippen LogP contribution in [0, 0.1) is 0 Å². The molecule has 2 amide bonds. The number of nitrogens with zero attached hydrogens (tertiary/aromatic N) is 1. The summed E-state index contributed by atoms with van der Waals surface area (Å²) >= 11 is 10.6. The number of ether oxygens (including phenoxy) is 2. The first-order chi connectivity index (χ1) is 13.9. The van der Waals surface area contributed by atoms with E-state index in [1.54, 1.807) is 24.3 Å². The van der Waals surface area contributed by atoms with Gasteiger partial charge in [-0.2, -0.15) is 0 Å². The molecule has 0 atom stereocenters. The van der Waals surface area contributed by atoms with Crippen LogP contribution in [-0.4, -0.2) is 29.7 Å². The number of carbonyl (C=O) groups excluding carboxylic acids is 2. The molecule has 0 spiro atoms. The highest BCUT2D eigenvalue weighted by Gasteiger charge is 2.34. The zero-order valence-corrected chi connectivity index (χ0v) is 18.6. The van der Waals surface area contributed by atoms with Gasteiger partial charge in [0.2, 0.25) is 0 Å². The normalized spacial score (nSPS) is 15.1. The summed E-state index contributed by atoms with van der Waals surface area (Å²) in [5.74, 6) is 0.679. The number of halogens is 2. The number of methoxy groups -OCH3 is 1. The van der Waals surface area contributed by atoms with Gasteiger partial charge < -0.3 is 9.47 Å². The average molecular weight is 495 g/mol. The number of thioether (sulfide) groups is 1. The summed E-state index contributed by atoms with van der Waals surface area (Å²) in [6, 6.07) is 10.9. The Balaban J connectivity index is 1.85. The molecule has 0 radical (unpaired) electrons. The van der Waals surface area contributed by atoms with Crippen molar-refractivity contribution in [2.24, 2.45) is 0 Å². The summed E-state index contributed by atoms with van der Waals surface area (Å²) in [6.07, 6.45) is 3.17. The number of benzene rings is 2. The van der Waals surface area contributed by atoms with E-state index in [4.69, 9.17) is 21.1 Å². The van der Waals surface area contributed by atoms with E-state index >= 15 is 0 Å². The second-order valence-electron chi connectivity index (χ2n) is 5.99. The van der Waals surface area contributed by atoms with E-state index in [1.165, 1.54) is 13.2 Å². The second kappa shape index (κ2) is 9.52. The zero-order chi connectivity index (χ0) is 21.0. The van der Waals surface area contributed by atoms with Crippen molar-refractivity contribution >= 4 is 56.5 Å². The molecule has 3 rings (SSSR count). The molecule has 0 saturated carbocycles. The smallest absolute Gasteiger partial charge is 0.293 e. The molecule has 1 aliphatic rings. The van der Waals surface area contributed by atoms with E-state index in [2.05, 4.69) is 22.5 Å². The van der Waals surface area contributed by atoms with E-state index in [0.29, 0.717) is 31.5 Å². The van der Waals surface area contributed by atoms with Crippen molar-refractivity contribution < 1.29 is 19.1 Å². The van der Waals surface area contributed by atoms with Gasteiger partial charge in [-0.1, -0.05) is 51.8 Å². The molecular formula is C21H17BrClNO4S. The van der Waals surface area contributed by atoms with E-state index in [0.717, 1.165) is 22.2 Å². The molecule has 29 heavy (non-hydrogen) atoms. The summed E-state index contributed by atoms with van der Waals surface area (Å²) in [5, 5.41) is 0.307. The van der Waals surface area contributed by atoms with Crippen LogP contribution in [-0.2, 0) is 11.4 Å². The molecule has 0 aromatic heterocycles. The third-order valence-corrected chi connectivity index (χ3v) is 6.06. The second-order valence-corrected chi connectivity index (χ2v) is 8.24. The Labute approximate surface area is 186 Å². The lowest BCUT2D eigenvalue weighted by Gasteiger charge is -2.13. The number of rotatable bonds is 7. The molecule has 150 valence electrons. The Morgan fingerprint density at radius 1 is 1.24 bits per heavy atom. The lowest BCUT2D eigenvalue weighted by atomic mass is 10.1. The first-order valence-corrected chi connectivity index (χ1v) is 10.5. The van der Waals surface area contributed by atoms with Crippen LogP contribution >= 0.6 is 39.3 Å². The van der Waals surface area contributed by atoms with Gasteiger partial charge in [-0.25, -0.2) is 0 Å². The van der Waals surface area contributed by atoms with E-state index in [1.807, 2.05) is 18.2 Å². The molecule has 1 heterocycles. The summed E-state index contributed by atoms with van der Waals surface area (Å²) in [7, 11) is 1.54. The Morgan fingerprint density at radius 3 is 2.69 bits per heavy atom. The predicted octanol–water partition coefficient (Wildman–Crippen LogP) is 5.91. The average Bonchev–Trinajstić information content (AvgIpc) is 2.96. The van der Waals surface area contributed by atoms with Crippen LogP contribution in [0.2, 0.25) is 5.02 Å². The molecule has 0 aliphatic carbocycles. The Hall–Kier alpha value is -2.22. The van der Waals surface area contributed by atoms with Gasteiger partial charge >= 0.3 is 0 Å². The minimum absolute atomic E-state index is 0.182. The molecule has 0 N–H and O–H groups in total. The number of hydrogen-bond donors (Lipinski definition) is 0. The van der Waals surface area contributed by atoms with Crippen LogP contribution in [0.3, 0.4) is 0 Å². The number of imide groups is 1. The largest absolute Gasteiger partial charge is 0.493 e. The molecule has 5 nitrogen and oxygen atoms in total. The standard InChI is InChI=1S/C21H17BrClNO4S/c1-3-8-24-20(25)19(29-21(24)26)10-14-9-17(27-2)18(11-15(14)22)28-12-13-6-4-5-7-16(13)23/h3-7,9-11H,1,8,12H2,2H3/b19-10+. The highest BCUT2D eigenvalue weighted by atomic mass is 79.9. The van der Waals surface area contributed by atoms with Crippen LogP contribution in [0.15, 0.2) is 58.4 Å². The van der Waals surface area contributed by atoms with E-state index in [9.17, 15) is 9.59 Å². The molecule has 1 aliphatic heterocycles. The van der Waals surface area contributed by atoms with Crippen LogP contribution in [0.4, 0.5) is 4.79 Å². The molecule has 2 aromatic carbocycles. The van der Waals surface area contributed by atoms with E-state index in [-0.39, 0.29) is 24.3 Å².